The monoisotopic (exact) mass is 476 g/mol. The molecule has 0 unspecified atom stereocenters. The molecule has 0 saturated heterocycles. The summed E-state index contributed by atoms with van der Waals surface area (Å²) in [5.74, 6) is -1.28. The van der Waals surface area contributed by atoms with Gasteiger partial charge in [0.15, 0.2) is 0 Å². The van der Waals surface area contributed by atoms with Gasteiger partial charge in [0.1, 0.15) is 6.04 Å². The van der Waals surface area contributed by atoms with Crippen molar-refractivity contribution >= 4 is 34.4 Å². The first-order valence-electron chi connectivity index (χ1n) is 7.64. The zero-order valence-corrected chi connectivity index (χ0v) is 15.7. The van der Waals surface area contributed by atoms with Crippen LogP contribution in [0.2, 0.25) is 0 Å². The highest BCUT2D eigenvalue weighted by molar-refractivity contribution is 14.1. The Hall–Kier alpha value is -2.10. The maximum absolute atomic E-state index is 12.7. The number of hydrogen-bond donors (Lipinski definition) is 2. The molecule has 2 rings (SSSR count). The van der Waals surface area contributed by atoms with Gasteiger partial charge in [-0.3, -0.25) is 9.59 Å². The van der Waals surface area contributed by atoms with Crippen LogP contribution in [-0.2, 0) is 28.6 Å². The minimum atomic E-state index is -4.48. The molecule has 2 aromatic carbocycles. The zero-order chi connectivity index (χ0) is 19.3. The van der Waals surface area contributed by atoms with Crippen LogP contribution in [0.5, 0.6) is 0 Å². The van der Waals surface area contributed by atoms with Crippen molar-refractivity contribution in [3.05, 3.63) is 68.8 Å². The Morgan fingerprint density at radius 1 is 1.08 bits per heavy atom. The van der Waals surface area contributed by atoms with Gasteiger partial charge in [-0.05, 0) is 51.9 Å². The quantitative estimate of drug-likeness (QED) is 0.630. The van der Waals surface area contributed by atoms with Gasteiger partial charge in [0.05, 0.1) is 12.0 Å². The molecule has 3 N–H and O–H groups in total. The third kappa shape index (κ3) is 6.01. The summed E-state index contributed by atoms with van der Waals surface area (Å²) >= 11 is 2.12. The molecule has 4 nitrogen and oxygen atoms in total. The highest BCUT2D eigenvalue weighted by atomic mass is 127. The maximum atomic E-state index is 12.7. The average molecular weight is 476 g/mol. The first-order chi connectivity index (χ1) is 12.1. The molecule has 0 saturated carbocycles. The summed E-state index contributed by atoms with van der Waals surface area (Å²) in [6, 6.07) is 10.9. The third-order valence-electron chi connectivity index (χ3n) is 3.63. The summed E-state index contributed by atoms with van der Waals surface area (Å²) in [5, 5.41) is 2.49. The van der Waals surface area contributed by atoms with Crippen molar-refractivity contribution in [2.24, 2.45) is 5.73 Å². The van der Waals surface area contributed by atoms with Crippen molar-refractivity contribution in [1.82, 2.24) is 5.32 Å². The van der Waals surface area contributed by atoms with Gasteiger partial charge < -0.3 is 11.1 Å². The van der Waals surface area contributed by atoms with E-state index < -0.39 is 29.6 Å². The molecule has 0 aromatic heterocycles. The molecule has 0 heterocycles. The van der Waals surface area contributed by atoms with Gasteiger partial charge in [-0.25, -0.2) is 0 Å². The van der Waals surface area contributed by atoms with Crippen LogP contribution in [0.4, 0.5) is 13.2 Å². The van der Waals surface area contributed by atoms with Crippen LogP contribution in [0.15, 0.2) is 48.5 Å². The predicted molar refractivity (Wildman–Crippen MR) is 99.1 cm³/mol. The number of benzene rings is 2. The van der Waals surface area contributed by atoms with Crippen LogP contribution < -0.4 is 11.1 Å². The lowest BCUT2D eigenvalue weighted by Crippen LogP contribution is -2.46. The second-order valence-corrected chi connectivity index (χ2v) is 6.98. The van der Waals surface area contributed by atoms with Crippen LogP contribution in [0.3, 0.4) is 0 Å². The fourth-order valence-corrected chi connectivity index (χ4v) is 3.02. The molecule has 2 amide bonds. The fourth-order valence-electron chi connectivity index (χ4n) is 2.41. The Morgan fingerprint density at radius 2 is 1.73 bits per heavy atom. The third-order valence-corrected chi connectivity index (χ3v) is 4.30. The lowest BCUT2D eigenvalue weighted by Gasteiger charge is -2.16. The Balaban J connectivity index is 2.05. The van der Waals surface area contributed by atoms with E-state index in [9.17, 15) is 22.8 Å². The summed E-state index contributed by atoms with van der Waals surface area (Å²) in [5.41, 5.74) is 5.54. The van der Waals surface area contributed by atoms with E-state index in [1.165, 1.54) is 12.1 Å². The first-order valence-corrected chi connectivity index (χ1v) is 8.72. The molecule has 0 fully saturated rings. The number of alkyl halides is 3. The number of nitrogens with two attached hydrogens (primary N) is 1. The van der Waals surface area contributed by atoms with Gasteiger partial charge in [-0.15, -0.1) is 0 Å². The Kier molecular flexibility index (Phi) is 6.63. The molecule has 8 heteroatoms. The smallest absolute Gasteiger partial charge is 0.368 e. The standard InChI is InChI=1S/C18H16F3IN2O2/c19-18(20,21)13-5-1-3-11(7-13)10-16(25)24-15(17(23)26)9-12-4-2-6-14(22)8-12/h1-8,15H,9-10H2,(H2,23,26)(H,24,25)/t15-/m0/s1. The van der Waals surface area contributed by atoms with Crippen LogP contribution in [0, 0.1) is 3.57 Å². The van der Waals surface area contributed by atoms with Gasteiger partial charge in [-0.1, -0.05) is 30.3 Å². The van der Waals surface area contributed by atoms with Gasteiger partial charge in [0, 0.05) is 9.99 Å². The normalized spacial score (nSPS) is 12.5. The molecule has 0 bridgehead atoms. The molecular weight excluding hydrogens is 460 g/mol. The van der Waals surface area contributed by atoms with Gasteiger partial charge in [0.25, 0.3) is 0 Å². The fraction of sp³-hybridized carbons (Fsp3) is 0.222. The summed E-state index contributed by atoms with van der Waals surface area (Å²) in [6.45, 7) is 0. The second kappa shape index (κ2) is 8.52. The van der Waals surface area contributed by atoms with Gasteiger partial charge in [-0.2, -0.15) is 13.2 Å². The van der Waals surface area contributed by atoms with E-state index in [0.29, 0.717) is 0 Å². The molecule has 2 aromatic rings. The Morgan fingerprint density at radius 3 is 2.35 bits per heavy atom. The number of hydrogen-bond acceptors (Lipinski definition) is 2. The van der Waals surface area contributed by atoms with E-state index in [0.717, 1.165) is 21.3 Å². The Bertz CT molecular complexity index is 809. The van der Waals surface area contributed by atoms with E-state index in [4.69, 9.17) is 5.73 Å². The first kappa shape index (κ1) is 20.2. The van der Waals surface area contributed by atoms with E-state index in [-0.39, 0.29) is 18.4 Å². The van der Waals surface area contributed by atoms with Gasteiger partial charge >= 0.3 is 6.18 Å². The number of carbonyl (C=O) groups excluding carboxylic acids is 2. The van der Waals surface area contributed by atoms with E-state index in [1.54, 1.807) is 6.07 Å². The molecule has 0 aliphatic carbocycles. The highest BCUT2D eigenvalue weighted by Gasteiger charge is 2.30. The summed E-state index contributed by atoms with van der Waals surface area (Å²) in [7, 11) is 0. The molecule has 0 radical (unpaired) electrons. The van der Waals surface area contributed by atoms with Crippen LogP contribution in [0.25, 0.3) is 0 Å². The predicted octanol–water partition coefficient (Wildman–Crippen LogP) is 3.07. The van der Waals surface area contributed by atoms with E-state index in [2.05, 4.69) is 27.9 Å². The summed E-state index contributed by atoms with van der Waals surface area (Å²) < 4.78 is 39.2. The molecule has 0 spiro atoms. The van der Waals surface area contributed by atoms with Crippen LogP contribution >= 0.6 is 22.6 Å². The molecule has 0 aliphatic rings. The van der Waals surface area contributed by atoms with Crippen molar-refractivity contribution in [2.75, 3.05) is 0 Å². The molecule has 0 aliphatic heterocycles. The number of halogens is 4. The lowest BCUT2D eigenvalue weighted by molar-refractivity contribution is -0.137. The van der Waals surface area contributed by atoms with Crippen molar-refractivity contribution in [1.29, 1.82) is 0 Å². The minimum absolute atomic E-state index is 0.204. The van der Waals surface area contributed by atoms with E-state index in [1.807, 2.05) is 18.2 Å². The zero-order valence-electron chi connectivity index (χ0n) is 13.5. The lowest BCUT2D eigenvalue weighted by atomic mass is 10.0. The molecule has 26 heavy (non-hydrogen) atoms. The Labute approximate surface area is 162 Å². The summed E-state index contributed by atoms with van der Waals surface area (Å²) in [4.78, 5) is 23.8. The van der Waals surface area contributed by atoms with Crippen LogP contribution in [0.1, 0.15) is 16.7 Å². The highest BCUT2D eigenvalue weighted by Crippen LogP contribution is 2.29. The second-order valence-electron chi connectivity index (χ2n) is 5.73. The summed E-state index contributed by atoms with van der Waals surface area (Å²) in [6.07, 6.45) is -4.55. The largest absolute Gasteiger partial charge is 0.416 e. The van der Waals surface area contributed by atoms with Crippen molar-refractivity contribution in [3.8, 4) is 0 Å². The number of amides is 2. The average Bonchev–Trinajstić information content (AvgIpc) is 2.53. The molecule has 1 atom stereocenters. The molecule has 138 valence electrons. The number of rotatable bonds is 6. The van der Waals surface area contributed by atoms with Crippen molar-refractivity contribution in [3.63, 3.8) is 0 Å². The van der Waals surface area contributed by atoms with Gasteiger partial charge in [0.2, 0.25) is 11.8 Å². The SMILES string of the molecule is NC(=O)[C@H](Cc1cccc(I)c1)NC(=O)Cc1cccc(C(F)(F)F)c1. The topological polar surface area (TPSA) is 72.2 Å². The minimum Gasteiger partial charge on any atom is -0.368 e. The number of carbonyl (C=O) groups is 2. The van der Waals surface area contributed by atoms with Crippen molar-refractivity contribution in [2.45, 2.75) is 25.1 Å². The number of primary amides is 1. The number of nitrogens with one attached hydrogen (secondary N) is 1. The van der Waals surface area contributed by atoms with Crippen LogP contribution in [-0.4, -0.2) is 17.9 Å². The van der Waals surface area contributed by atoms with Crippen molar-refractivity contribution < 1.29 is 22.8 Å². The van der Waals surface area contributed by atoms with E-state index >= 15 is 0 Å². The maximum Gasteiger partial charge on any atom is 0.416 e. The molecular formula is C18H16F3IN2O2.